The van der Waals surface area contributed by atoms with E-state index in [1.165, 1.54) is 0 Å². The van der Waals surface area contributed by atoms with E-state index >= 15 is 0 Å². The van der Waals surface area contributed by atoms with Crippen LogP contribution in [0.4, 0.5) is 5.82 Å². The zero-order chi connectivity index (χ0) is 16.9. The van der Waals surface area contributed by atoms with Crippen molar-refractivity contribution in [2.45, 2.75) is 13.0 Å². The van der Waals surface area contributed by atoms with Crippen molar-refractivity contribution in [3.8, 4) is 0 Å². The Hall–Kier alpha value is -1.74. The molecular weight excluding hydrogens is 328 g/mol. The first kappa shape index (κ1) is 17.1. The van der Waals surface area contributed by atoms with Gasteiger partial charge in [0.15, 0.2) is 5.82 Å². The number of aromatic nitrogens is 1. The van der Waals surface area contributed by atoms with E-state index in [-0.39, 0.29) is 5.91 Å². The van der Waals surface area contributed by atoms with E-state index in [9.17, 15) is 9.90 Å². The van der Waals surface area contributed by atoms with E-state index in [2.05, 4.69) is 20.3 Å². The molecule has 0 unspecified atom stereocenters. The third-order valence-electron chi connectivity index (χ3n) is 4.03. The van der Waals surface area contributed by atoms with E-state index in [0.29, 0.717) is 24.7 Å². The summed E-state index contributed by atoms with van der Waals surface area (Å²) in [6, 6.07) is 5.61. The number of β-amino-alcohol motifs (C(OH)–C–C–N with tert-alkyl or cyclic N) is 1. The number of rotatable bonds is 6. The maximum Gasteiger partial charge on any atom is 0.239 e. The van der Waals surface area contributed by atoms with Gasteiger partial charge in [0.2, 0.25) is 5.91 Å². The summed E-state index contributed by atoms with van der Waals surface area (Å²) >= 11 is 1.58. The SMILES string of the molecule is Cc1cc(NC(=O)CN2CCN(C[C@H](O)c3cccs3)CC2)no1. The van der Waals surface area contributed by atoms with E-state index in [1.54, 1.807) is 24.3 Å². The second-order valence-corrected chi connectivity index (χ2v) is 6.96. The number of hydrogen-bond acceptors (Lipinski definition) is 7. The van der Waals surface area contributed by atoms with Crippen molar-refractivity contribution in [1.82, 2.24) is 15.0 Å². The zero-order valence-corrected chi connectivity index (χ0v) is 14.5. The lowest BCUT2D eigenvalue weighted by Crippen LogP contribution is -2.49. The largest absolute Gasteiger partial charge is 0.386 e. The highest BCUT2D eigenvalue weighted by atomic mass is 32.1. The van der Waals surface area contributed by atoms with Crippen LogP contribution in [0.1, 0.15) is 16.7 Å². The molecule has 0 saturated carbocycles. The van der Waals surface area contributed by atoms with Crippen LogP contribution in [-0.2, 0) is 4.79 Å². The lowest BCUT2D eigenvalue weighted by Gasteiger charge is -2.35. The van der Waals surface area contributed by atoms with Crippen molar-refractivity contribution in [3.63, 3.8) is 0 Å². The number of carbonyl (C=O) groups is 1. The standard InChI is InChI=1S/C16H22N4O3S/c1-12-9-15(18-23-12)17-16(22)11-20-6-4-19(5-7-20)10-13(21)14-3-2-8-24-14/h2-3,8-9,13,21H,4-7,10-11H2,1H3,(H,17,18,22)/t13-/m0/s1. The van der Waals surface area contributed by atoms with Gasteiger partial charge in [0, 0.05) is 43.7 Å². The minimum absolute atomic E-state index is 0.0876. The number of piperazine rings is 1. The summed E-state index contributed by atoms with van der Waals surface area (Å²) in [7, 11) is 0. The smallest absolute Gasteiger partial charge is 0.239 e. The molecular formula is C16H22N4O3S. The maximum absolute atomic E-state index is 12.0. The fourth-order valence-electron chi connectivity index (χ4n) is 2.76. The summed E-state index contributed by atoms with van der Waals surface area (Å²) in [4.78, 5) is 17.4. The molecule has 1 aliphatic rings. The van der Waals surface area contributed by atoms with Gasteiger partial charge in [-0.15, -0.1) is 11.3 Å². The van der Waals surface area contributed by atoms with Gasteiger partial charge in [-0.3, -0.25) is 14.6 Å². The number of aliphatic hydroxyl groups is 1. The summed E-state index contributed by atoms with van der Waals surface area (Å²) < 4.78 is 4.93. The summed E-state index contributed by atoms with van der Waals surface area (Å²) in [5.74, 6) is 1.04. The Morgan fingerprint density at radius 3 is 2.79 bits per heavy atom. The first-order valence-corrected chi connectivity index (χ1v) is 8.87. The molecule has 2 aromatic heterocycles. The Labute approximate surface area is 144 Å². The molecule has 0 aliphatic carbocycles. The highest BCUT2D eigenvalue weighted by Gasteiger charge is 2.21. The lowest BCUT2D eigenvalue weighted by molar-refractivity contribution is -0.117. The van der Waals surface area contributed by atoms with Crippen LogP contribution in [-0.4, -0.2) is 65.2 Å². The number of hydrogen-bond donors (Lipinski definition) is 2. The fourth-order valence-corrected chi connectivity index (χ4v) is 3.46. The molecule has 0 spiro atoms. The number of anilines is 1. The topological polar surface area (TPSA) is 81.8 Å². The van der Waals surface area contributed by atoms with Crippen LogP contribution in [0.15, 0.2) is 28.1 Å². The second kappa shape index (κ2) is 7.89. The van der Waals surface area contributed by atoms with Crippen LogP contribution in [0.2, 0.25) is 0 Å². The van der Waals surface area contributed by atoms with Crippen LogP contribution < -0.4 is 5.32 Å². The molecule has 0 bridgehead atoms. The summed E-state index contributed by atoms with van der Waals surface area (Å²) in [6.45, 7) is 6.07. The van der Waals surface area contributed by atoms with Crippen LogP contribution in [0.5, 0.6) is 0 Å². The minimum atomic E-state index is -0.435. The number of amides is 1. The molecule has 1 atom stereocenters. The van der Waals surface area contributed by atoms with Crippen molar-refractivity contribution in [3.05, 3.63) is 34.2 Å². The van der Waals surface area contributed by atoms with Gasteiger partial charge in [-0.25, -0.2) is 0 Å². The van der Waals surface area contributed by atoms with Crippen molar-refractivity contribution >= 4 is 23.1 Å². The third-order valence-corrected chi connectivity index (χ3v) is 5.00. The number of aryl methyl sites for hydroxylation is 1. The molecule has 1 amide bonds. The normalized spacial score (nSPS) is 17.8. The van der Waals surface area contributed by atoms with Gasteiger partial charge < -0.3 is 14.9 Å². The predicted molar refractivity (Wildman–Crippen MR) is 92.0 cm³/mol. The summed E-state index contributed by atoms with van der Waals surface area (Å²) in [5.41, 5.74) is 0. The molecule has 8 heteroatoms. The zero-order valence-electron chi connectivity index (χ0n) is 13.6. The maximum atomic E-state index is 12.0. The molecule has 3 rings (SSSR count). The molecule has 1 fully saturated rings. The van der Waals surface area contributed by atoms with E-state index in [1.807, 2.05) is 17.5 Å². The van der Waals surface area contributed by atoms with Gasteiger partial charge >= 0.3 is 0 Å². The number of nitrogens with one attached hydrogen (secondary N) is 1. The molecule has 130 valence electrons. The number of nitrogens with zero attached hydrogens (tertiary/aromatic N) is 3. The number of carbonyl (C=O) groups excluding carboxylic acids is 1. The minimum Gasteiger partial charge on any atom is -0.386 e. The van der Waals surface area contributed by atoms with E-state index in [0.717, 1.165) is 31.1 Å². The molecule has 1 saturated heterocycles. The Kier molecular flexibility index (Phi) is 5.62. The summed E-state index contributed by atoms with van der Waals surface area (Å²) in [6.07, 6.45) is -0.435. The molecule has 0 aromatic carbocycles. The van der Waals surface area contributed by atoms with Gasteiger partial charge in [0.1, 0.15) is 11.9 Å². The van der Waals surface area contributed by atoms with Gasteiger partial charge in [0.05, 0.1) is 6.54 Å². The van der Waals surface area contributed by atoms with E-state index < -0.39 is 6.10 Å². The lowest BCUT2D eigenvalue weighted by atomic mass is 10.2. The quantitative estimate of drug-likeness (QED) is 0.818. The van der Waals surface area contributed by atoms with Crippen molar-refractivity contribution in [1.29, 1.82) is 0 Å². The number of aliphatic hydroxyl groups excluding tert-OH is 1. The van der Waals surface area contributed by atoms with Crippen LogP contribution in [0.25, 0.3) is 0 Å². The molecule has 0 radical (unpaired) electrons. The monoisotopic (exact) mass is 350 g/mol. The van der Waals surface area contributed by atoms with Crippen molar-refractivity contribution < 1.29 is 14.4 Å². The third kappa shape index (κ3) is 4.64. The Morgan fingerprint density at radius 2 is 2.17 bits per heavy atom. The van der Waals surface area contributed by atoms with Gasteiger partial charge in [0.25, 0.3) is 0 Å². The van der Waals surface area contributed by atoms with Crippen molar-refractivity contribution in [2.24, 2.45) is 0 Å². The highest BCUT2D eigenvalue weighted by Crippen LogP contribution is 2.20. The Balaban J connectivity index is 1.39. The average Bonchev–Trinajstić information content (AvgIpc) is 3.21. The van der Waals surface area contributed by atoms with Crippen LogP contribution >= 0.6 is 11.3 Å². The molecule has 3 heterocycles. The predicted octanol–water partition coefficient (Wildman–Crippen LogP) is 1.33. The molecule has 2 aromatic rings. The fraction of sp³-hybridized carbons (Fsp3) is 0.500. The van der Waals surface area contributed by atoms with Crippen molar-refractivity contribution in [2.75, 3.05) is 44.6 Å². The average molecular weight is 350 g/mol. The number of thiophene rings is 1. The Bertz CT molecular complexity index is 650. The van der Waals surface area contributed by atoms with E-state index in [4.69, 9.17) is 4.52 Å². The first-order chi connectivity index (χ1) is 11.6. The van der Waals surface area contributed by atoms with Gasteiger partial charge in [-0.1, -0.05) is 11.2 Å². The molecule has 1 aliphatic heterocycles. The molecule has 2 N–H and O–H groups in total. The Morgan fingerprint density at radius 1 is 1.42 bits per heavy atom. The van der Waals surface area contributed by atoms with Crippen LogP contribution in [0, 0.1) is 6.92 Å². The second-order valence-electron chi connectivity index (χ2n) is 5.98. The molecule has 24 heavy (non-hydrogen) atoms. The first-order valence-electron chi connectivity index (χ1n) is 7.99. The molecule has 7 nitrogen and oxygen atoms in total. The summed E-state index contributed by atoms with van der Waals surface area (Å²) in [5, 5.41) is 18.7. The highest BCUT2D eigenvalue weighted by molar-refractivity contribution is 7.10. The van der Waals surface area contributed by atoms with Gasteiger partial charge in [-0.05, 0) is 18.4 Å². The van der Waals surface area contributed by atoms with Crippen LogP contribution in [0.3, 0.4) is 0 Å². The van der Waals surface area contributed by atoms with Gasteiger partial charge in [-0.2, -0.15) is 0 Å².